The number of benzene rings is 2. The van der Waals surface area contributed by atoms with Crippen LogP contribution in [-0.2, 0) is 9.53 Å². The fourth-order valence-corrected chi connectivity index (χ4v) is 4.14. The first-order valence-electron chi connectivity index (χ1n) is 12.2. The summed E-state index contributed by atoms with van der Waals surface area (Å²) < 4.78 is 5.48. The van der Waals surface area contributed by atoms with E-state index < -0.39 is 0 Å². The maximum Gasteiger partial charge on any atom is 0.248 e. The van der Waals surface area contributed by atoms with E-state index in [4.69, 9.17) is 9.72 Å². The minimum atomic E-state index is -0.183. The molecular weight excluding hydrogens is 468 g/mol. The number of H-pyrrole nitrogens is 1. The second-order valence-electron chi connectivity index (χ2n) is 9.04. The molecule has 1 amide bonds. The first-order chi connectivity index (χ1) is 18.0. The molecule has 0 bridgehead atoms. The van der Waals surface area contributed by atoms with Crippen LogP contribution in [0.5, 0.6) is 0 Å². The molecule has 190 valence electrons. The molecule has 0 aliphatic carbocycles. The van der Waals surface area contributed by atoms with Gasteiger partial charge < -0.3 is 25.2 Å². The number of aromatic nitrogens is 4. The molecule has 1 saturated heterocycles. The zero-order valence-corrected chi connectivity index (χ0v) is 20.9. The first-order valence-corrected chi connectivity index (χ1v) is 12.2. The first kappa shape index (κ1) is 24.4. The number of aromatic amines is 1. The predicted octanol–water partition coefficient (Wildman–Crippen LogP) is 3.66. The van der Waals surface area contributed by atoms with Gasteiger partial charge >= 0.3 is 0 Å². The second kappa shape index (κ2) is 11.2. The Labute approximate surface area is 215 Å². The highest BCUT2D eigenvalue weighted by molar-refractivity contribution is 6.00. The molecular formula is C27H30N8O2. The van der Waals surface area contributed by atoms with Gasteiger partial charge in [0, 0.05) is 48.3 Å². The number of likely N-dealkylation sites (N-methyl/N-ethyl adjacent to an activating group) is 1. The van der Waals surface area contributed by atoms with E-state index in [1.807, 2.05) is 61.5 Å². The van der Waals surface area contributed by atoms with Gasteiger partial charge in [-0.3, -0.25) is 9.89 Å². The molecule has 1 aliphatic heterocycles. The van der Waals surface area contributed by atoms with Gasteiger partial charge in [0.25, 0.3) is 0 Å². The molecule has 0 spiro atoms. The lowest BCUT2D eigenvalue weighted by Crippen LogP contribution is -2.36. The van der Waals surface area contributed by atoms with Crippen molar-refractivity contribution in [3.8, 4) is 11.3 Å². The summed E-state index contributed by atoms with van der Waals surface area (Å²) in [5.41, 5.74) is 4.87. The maximum absolute atomic E-state index is 12.3. The Balaban J connectivity index is 1.39. The van der Waals surface area contributed by atoms with E-state index in [2.05, 4.69) is 42.8 Å². The van der Waals surface area contributed by atoms with E-state index in [0.717, 1.165) is 48.6 Å². The topological polar surface area (TPSA) is 111 Å². The van der Waals surface area contributed by atoms with E-state index in [1.54, 1.807) is 12.3 Å². The fraction of sp³-hybridized carbons (Fsp3) is 0.259. The Morgan fingerprint density at radius 2 is 1.92 bits per heavy atom. The minimum Gasteiger partial charge on any atom is -0.378 e. The van der Waals surface area contributed by atoms with E-state index in [-0.39, 0.29) is 5.91 Å². The summed E-state index contributed by atoms with van der Waals surface area (Å²) in [7, 11) is 3.90. The second-order valence-corrected chi connectivity index (χ2v) is 9.04. The molecule has 3 heterocycles. The highest BCUT2D eigenvalue weighted by Gasteiger charge is 2.14. The summed E-state index contributed by atoms with van der Waals surface area (Å²) >= 11 is 0. The molecule has 37 heavy (non-hydrogen) atoms. The third kappa shape index (κ3) is 6.11. The van der Waals surface area contributed by atoms with E-state index in [0.29, 0.717) is 29.5 Å². The number of amides is 1. The largest absolute Gasteiger partial charge is 0.378 e. The van der Waals surface area contributed by atoms with Crippen molar-refractivity contribution in [3.63, 3.8) is 0 Å². The van der Waals surface area contributed by atoms with Gasteiger partial charge in [-0.15, -0.1) is 0 Å². The third-order valence-electron chi connectivity index (χ3n) is 5.93. The number of anilines is 4. The number of fused-ring (bicyclic) bond motifs is 1. The van der Waals surface area contributed by atoms with Crippen LogP contribution in [0.2, 0.25) is 0 Å². The smallest absolute Gasteiger partial charge is 0.248 e. The summed E-state index contributed by atoms with van der Waals surface area (Å²) in [5, 5.41) is 14.2. The number of nitrogens with zero attached hydrogens (tertiary/aromatic N) is 5. The van der Waals surface area contributed by atoms with Gasteiger partial charge in [-0.25, -0.2) is 4.98 Å². The Kier molecular flexibility index (Phi) is 7.38. The number of ether oxygens (including phenoxy) is 1. The van der Waals surface area contributed by atoms with Gasteiger partial charge in [0.15, 0.2) is 5.65 Å². The number of nitrogens with one attached hydrogen (secondary N) is 3. The van der Waals surface area contributed by atoms with Crippen molar-refractivity contribution in [2.45, 2.75) is 0 Å². The third-order valence-corrected chi connectivity index (χ3v) is 5.93. The monoisotopic (exact) mass is 498 g/mol. The zero-order chi connectivity index (χ0) is 25.6. The van der Waals surface area contributed by atoms with Crippen LogP contribution in [0.3, 0.4) is 0 Å². The summed E-state index contributed by atoms with van der Waals surface area (Å²) in [5.74, 6) is 0.268. The number of hydrogen-bond acceptors (Lipinski definition) is 8. The molecule has 2 aromatic heterocycles. The van der Waals surface area contributed by atoms with Crippen LogP contribution in [0.4, 0.5) is 23.0 Å². The summed E-state index contributed by atoms with van der Waals surface area (Å²) in [6.45, 7) is 3.88. The zero-order valence-electron chi connectivity index (χ0n) is 20.9. The van der Waals surface area contributed by atoms with Crippen LogP contribution in [0.1, 0.15) is 0 Å². The van der Waals surface area contributed by atoms with Gasteiger partial charge in [-0.05, 0) is 44.4 Å². The van der Waals surface area contributed by atoms with Crippen molar-refractivity contribution in [1.82, 2.24) is 25.1 Å². The average Bonchev–Trinajstić information content (AvgIpc) is 3.37. The van der Waals surface area contributed by atoms with Crippen molar-refractivity contribution in [1.29, 1.82) is 0 Å². The maximum atomic E-state index is 12.3. The van der Waals surface area contributed by atoms with Gasteiger partial charge in [-0.1, -0.05) is 24.3 Å². The molecule has 10 heteroatoms. The summed E-state index contributed by atoms with van der Waals surface area (Å²) in [6.07, 6.45) is 5.08. The number of hydrogen-bond donors (Lipinski definition) is 3. The van der Waals surface area contributed by atoms with Crippen LogP contribution in [0.25, 0.3) is 22.3 Å². The van der Waals surface area contributed by atoms with Crippen LogP contribution >= 0.6 is 0 Å². The minimum absolute atomic E-state index is 0.183. The molecule has 5 rings (SSSR count). The highest BCUT2D eigenvalue weighted by Crippen LogP contribution is 2.29. The average molecular weight is 499 g/mol. The van der Waals surface area contributed by atoms with E-state index in [1.165, 1.54) is 0 Å². The lowest BCUT2D eigenvalue weighted by atomic mass is 10.1. The fourth-order valence-electron chi connectivity index (χ4n) is 4.14. The lowest BCUT2D eigenvalue weighted by molar-refractivity contribution is -0.111. The summed E-state index contributed by atoms with van der Waals surface area (Å²) in [4.78, 5) is 26.1. The molecule has 0 atom stereocenters. The normalized spacial score (nSPS) is 14.0. The van der Waals surface area contributed by atoms with Crippen molar-refractivity contribution in [2.24, 2.45) is 0 Å². The molecule has 1 aliphatic rings. The van der Waals surface area contributed by atoms with Crippen LogP contribution in [0, 0.1) is 0 Å². The number of carbonyl (C=O) groups excluding carboxylic acids is 1. The van der Waals surface area contributed by atoms with E-state index in [9.17, 15) is 4.79 Å². The number of morpholine rings is 1. The molecule has 3 N–H and O–H groups in total. The number of carbonyl (C=O) groups is 1. The highest BCUT2D eigenvalue weighted by atomic mass is 16.5. The standard InChI is InChI=1S/C27H30N8O2/c1-34(2)11-5-10-24(36)29-20-7-3-6-19(16-20)25-23-18-28-33-26(23)32-27(31-25)30-21-8-4-9-22(17-21)35-12-14-37-15-13-35/h3-10,16-18H,11-15H2,1-2H3,(H,29,36)(H2,28,30,31,32,33)/b10-5+. The van der Waals surface area contributed by atoms with Gasteiger partial charge in [-0.2, -0.15) is 10.1 Å². The Hall–Kier alpha value is -4.28. The molecule has 10 nitrogen and oxygen atoms in total. The molecule has 0 saturated carbocycles. The summed E-state index contributed by atoms with van der Waals surface area (Å²) in [6, 6.07) is 15.8. The quantitative estimate of drug-likeness (QED) is 0.316. The van der Waals surface area contributed by atoms with Gasteiger partial charge in [0.05, 0.1) is 30.5 Å². The Morgan fingerprint density at radius 1 is 1.11 bits per heavy atom. The Bertz CT molecular complexity index is 1410. The van der Waals surface area contributed by atoms with Crippen molar-refractivity contribution >= 4 is 40.0 Å². The SMILES string of the molecule is CN(C)C/C=C/C(=O)Nc1cccc(-c2nc(Nc3cccc(N4CCOCC4)c3)nc3[nH]ncc23)c1. The van der Waals surface area contributed by atoms with Gasteiger partial charge in [0.1, 0.15) is 0 Å². The number of rotatable bonds is 8. The van der Waals surface area contributed by atoms with Crippen molar-refractivity contribution in [2.75, 3.05) is 62.5 Å². The predicted molar refractivity (Wildman–Crippen MR) is 146 cm³/mol. The van der Waals surface area contributed by atoms with E-state index >= 15 is 0 Å². The van der Waals surface area contributed by atoms with Crippen molar-refractivity contribution < 1.29 is 9.53 Å². The molecule has 2 aromatic carbocycles. The van der Waals surface area contributed by atoms with Crippen LogP contribution in [0.15, 0.2) is 66.9 Å². The van der Waals surface area contributed by atoms with Crippen molar-refractivity contribution in [3.05, 3.63) is 66.9 Å². The lowest BCUT2D eigenvalue weighted by Gasteiger charge is -2.29. The molecule has 0 unspecified atom stereocenters. The molecule has 4 aromatic rings. The molecule has 0 radical (unpaired) electrons. The Morgan fingerprint density at radius 3 is 2.76 bits per heavy atom. The van der Waals surface area contributed by atoms with Crippen LogP contribution < -0.4 is 15.5 Å². The molecule has 1 fully saturated rings. The van der Waals surface area contributed by atoms with Crippen LogP contribution in [-0.4, -0.2) is 77.9 Å². The van der Waals surface area contributed by atoms with Gasteiger partial charge in [0.2, 0.25) is 11.9 Å².